The zero-order valence-corrected chi connectivity index (χ0v) is 23.4. The van der Waals surface area contributed by atoms with Gasteiger partial charge in [-0.05, 0) is 68.9 Å². The highest BCUT2D eigenvalue weighted by Gasteiger charge is 2.48. The Morgan fingerprint density at radius 3 is 2.22 bits per heavy atom. The number of benzene rings is 3. The van der Waals surface area contributed by atoms with Crippen LogP contribution in [0.4, 0.5) is 10.5 Å². The Hall–Kier alpha value is -4.66. The molecule has 3 aromatic carbocycles. The average molecular weight is 558 g/mol. The molecule has 1 heterocycles. The van der Waals surface area contributed by atoms with Crippen LogP contribution in [0.5, 0.6) is 0 Å². The van der Waals surface area contributed by atoms with Crippen molar-refractivity contribution in [3.05, 3.63) is 102 Å². The van der Waals surface area contributed by atoms with Crippen LogP contribution in [0.1, 0.15) is 54.7 Å². The lowest BCUT2D eigenvalue weighted by molar-refractivity contribution is -0.164. The molecule has 3 unspecified atom stereocenters. The van der Waals surface area contributed by atoms with Gasteiger partial charge in [-0.25, -0.2) is 14.4 Å². The van der Waals surface area contributed by atoms with Crippen LogP contribution < -0.4 is 10.6 Å². The van der Waals surface area contributed by atoms with E-state index in [9.17, 15) is 24.3 Å². The summed E-state index contributed by atoms with van der Waals surface area (Å²) in [4.78, 5) is 52.7. The molecule has 0 bridgehead atoms. The summed E-state index contributed by atoms with van der Waals surface area (Å²) >= 11 is 0. The van der Waals surface area contributed by atoms with Gasteiger partial charge in [-0.2, -0.15) is 0 Å². The third kappa shape index (κ3) is 7.72. The van der Waals surface area contributed by atoms with Gasteiger partial charge in [-0.15, -0.1) is 0 Å². The third-order valence-electron chi connectivity index (χ3n) is 6.82. The molecule has 0 saturated carbocycles. The number of hydrogen-bond acceptors (Lipinski definition) is 5. The van der Waals surface area contributed by atoms with Gasteiger partial charge in [0.1, 0.15) is 11.6 Å². The van der Waals surface area contributed by atoms with Crippen molar-refractivity contribution in [2.75, 3.05) is 11.9 Å². The molecule has 1 saturated heterocycles. The van der Waals surface area contributed by atoms with Gasteiger partial charge in [0.15, 0.2) is 0 Å². The maximum Gasteiger partial charge on any atom is 0.335 e. The number of aromatic carboxylic acids is 1. The molecule has 9 nitrogen and oxygen atoms in total. The summed E-state index contributed by atoms with van der Waals surface area (Å²) in [6.07, 6.45) is 1.06. The molecule has 0 aliphatic carbocycles. The van der Waals surface area contributed by atoms with Crippen LogP contribution in [0.2, 0.25) is 0 Å². The molecule has 1 aliphatic rings. The minimum Gasteiger partial charge on any atom is -0.478 e. The lowest BCUT2D eigenvalue weighted by Crippen LogP contribution is -2.48. The summed E-state index contributed by atoms with van der Waals surface area (Å²) in [5, 5.41) is 14.3. The van der Waals surface area contributed by atoms with Crippen LogP contribution in [0.3, 0.4) is 0 Å². The van der Waals surface area contributed by atoms with E-state index in [0.717, 1.165) is 11.1 Å². The molecular weight excluding hydrogens is 522 g/mol. The number of amides is 3. The molecule has 3 atom stereocenters. The number of urea groups is 1. The molecular formula is C32H35N3O6. The van der Waals surface area contributed by atoms with Crippen molar-refractivity contribution in [2.24, 2.45) is 5.92 Å². The van der Waals surface area contributed by atoms with Crippen LogP contribution in [-0.2, 0) is 20.7 Å². The van der Waals surface area contributed by atoms with Crippen LogP contribution in [0.15, 0.2) is 84.9 Å². The largest absolute Gasteiger partial charge is 0.478 e. The van der Waals surface area contributed by atoms with E-state index < -0.39 is 41.6 Å². The Morgan fingerprint density at radius 2 is 1.59 bits per heavy atom. The summed E-state index contributed by atoms with van der Waals surface area (Å²) < 4.78 is 5.74. The van der Waals surface area contributed by atoms with Crippen molar-refractivity contribution in [2.45, 2.75) is 51.3 Å². The molecule has 3 amide bonds. The third-order valence-corrected chi connectivity index (χ3v) is 6.82. The van der Waals surface area contributed by atoms with E-state index in [0.29, 0.717) is 12.8 Å². The van der Waals surface area contributed by atoms with Crippen molar-refractivity contribution >= 4 is 29.6 Å². The minimum atomic E-state index is -1.12. The molecule has 3 aromatic rings. The number of nitrogens with zero attached hydrogens (tertiary/aromatic N) is 1. The number of ether oxygens (including phenoxy) is 1. The highest BCUT2D eigenvalue weighted by molar-refractivity contribution is 5.95. The number of rotatable bonds is 8. The van der Waals surface area contributed by atoms with Gasteiger partial charge in [0, 0.05) is 5.69 Å². The highest BCUT2D eigenvalue weighted by Crippen LogP contribution is 2.43. The smallest absolute Gasteiger partial charge is 0.335 e. The maximum atomic E-state index is 13.8. The van der Waals surface area contributed by atoms with Crippen molar-refractivity contribution in [3.8, 4) is 0 Å². The number of likely N-dealkylation sites (tertiary alicyclic amines) is 1. The lowest BCUT2D eigenvalue weighted by atomic mass is 9.87. The standard InChI is InChI=1S/C32H35N3O6/c1-32(2,3)41-30(39)26-19-24(17-21-11-6-4-7-12-21)28(22-13-8-5-9-14-22)35(26)27(36)20-33-31(40)34-25-16-10-15-23(18-25)29(37)38/h4-16,18,24,26,28H,17,19-20H2,1-3H3,(H,37,38)(H2,33,34,40). The zero-order valence-electron chi connectivity index (χ0n) is 23.4. The van der Waals surface area contributed by atoms with Crippen molar-refractivity contribution < 1.29 is 29.0 Å². The summed E-state index contributed by atoms with van der Waals surface area (Å²) in [6, 6.07) is 23.4. The fourth-order valence-corrected chi connectivity index (χ4v) is 5.21. The number of carboxylic acid groups (broad SMARTS) is 1. The predicted octanol–water partition coefficient (Wildman–Crippen LogP) is 5.05. The number of esters is 1. The molecule has 0 radical (unpaired) electrons. The van der Waals surface area contributed by atoms with E-state index in [-0.39, 0.29) is 23.7 Å². The normalized spacial score (nSPS) is 18.4. The molecule has 0 spiro atoms. The summed E-state index contributed by atoms with van der Waals surface area (Å²) in [5.41, 5.74) is 1.53. The Bertz CT molecular complexity index is 1390. The number of carbonyl (C=O) groups is 4. The average Bonchev–Trinajstić information content (AvgIpc) is 3.31. The predicted molar refractivity (Wildman–Crippen MR) is 154 cm³/mol. The maximum absolute atomic E-state index is 13.8. The highest BCUT2D eigenvalue weighted by atomic mass is 16.6. The second kappa shape index (κ2) is 12.7. The molecule has 9 heteroatoms. The molecule has 214 valence electrons. The number of carbonyl (C=O) groups excluding carboxylic acids is 3. The van der Waals surface area contributed by atoms with Crippen LogP contribution >= 0.6 is 0 Å². The lowest BCUT2D eigenvalue weighted by Gasteiger charge is -2.33. The first kappa shape index (κ1) is 29.3. The monoisotopic (exact) mass is 557 g/mol. The Kier molecular flexibility index (Phi) is 9.07. The summed E-state index contributed by atoms with van der Waals surface area (Å²) in [7, 11) is 0. The van der Waals surface area contributed by atoms with Crippen molar-refractivity contribution in [1.29, 1.82) is 0 Å². The Labute approximate surface area is 239 Å². The van der Waals surface area contributed by atoms with Gasteiger partial charge in [0.05, 0.1) is 18.2 Å². The molecule has 4 rings (SSSR count). The van der Waals surface area contributed by atoms with Crippen molar-refractivity contribution in [3.63, 3.8) is 0 Å². The van der Waals surface area contributed by atoms with Gasteiger partial charge in [0.2, 0.25) is 5.91 Å². The molecule has 1 fully saturated rings. The first-order chi connectivity index (χ1) is 19.5. The second-order valence-electron chi connectivity index (χ2n) is 11.1. The van der Waals surface area contributed by atoms with E-state index in [1.807, 2.05) is 60.7 Å². The topological polar surface area (TPSA) is 125 Å². The Morgan fingerprint density at radius 1 is 0.927 bits per heavy atom. The van der Waals surface area contributed by atoms with Crippen molar-refractivity contribution in [1.82, 2.24) is 10.2 Å². The quantitative estimate of drug-likeness (QED) is 0.333. The van der Waals surface area contributed by atoms with Crippen LogP contribution in [0, 0.1) is 5.92 Å². The van der Waals surface area contributed by atoms with Gasteiger partial charge >= 0.3 is 18.0 Å². The van der Waals surface area contributed by atoms with Gasteiger partial charge < -0.3 is 25.4 Å². The summed E-state index contributed by atoms with van der Waals surface area (Å²) in [6.45, 7) is 4.99. The summed E-state index contributed by atoms with van der Waals surface area (Å²) in [5.74, 6) is -2.12. The Balaban J connectivity index is 1.58. The fraction of sp³-hybridized carbons (Fsp3) is 0.312. The number of hydrogen-bond donors (Lipinski definition) is 3. The zero-order chi connectivity index (χ0) is 29.6. The van der Waals surface area contributed by atoms with E-state index in [1.165, 1.54) is 18.2 Å². The molecule has 3 N–H and O–H groups in total. The van der Waals surface area contributed by atoms with Gasteiger partial charge in [-0.1, -0.05) is 66.7 Å². The van der Waals surface area contributed by atoms with Crippen LogP contribution in [-0.4, -0.2) is 52.1 Å². The minimum absolute atomic E-state index is 0.0197. The molecule has 0 aromatic heterocycles. The van der Waals surface area contributed by atoms with E-state index in [4.69, 9.17) is 4.74 Å². The number of carboxylic acids is 1. The van der Waals surface area contributed by atoms with E-state index >= 15 is 0 Å². The molecule has 41 heavy (non-hydrogen) atoms. The first-order valence-corrected chi connectivity index (χ1v) is 13.5. The second-order valence-corrected chi connectivity index (χ2v) is 11.1. The van der Waals surface area contributed by atoms with E-state index in [2.05, 4.69) is 10.6 Å². The number of anilines is 1. The first-order valence-electron chi connectivity index (χ1n) is 13.5. The van der Waals surface area contributed by atoms with Gasteiger partial charge in [-0.3, -0.25) is 4.79 Å². The van der Waals surface area contributed by atoms with Gasteiger partial charge in [0.25, 0.3) is 0 Å². The van der Waals surface area contributed by atoms with Crippen LogP contribution in [0.25, 0.3) is 0 Å². The van der Waals surface area contributed by atoms with E-state index in [1.54, 1.807) is 31.7 Å². The SMILES string of the molecule is CC(C)(C)OC(=O)C1CC(Cc2ccccc2)C(c2ccccc2)N1C(=O)CNC(=O)Nc1cccc(C(=O)O)c1. The fourth-order valence-electron chi connectivity index (χ4n) is 5.21. The molecule has 1 aliphatic heterocycles. The number of nitrogens with one attached hydrogen (secondary N) is 2.